The lowest BCUT2D eigenvalue weighted by molar-refractivity contribution is -0.117. The van der Waals surface area contributed by atoms with E-state index in [9.17, 15) is 4.79 Å². The summed E-state index contributed by atoms with van der Waals surface area (Å²) in [5, 5.41) is 11.7. The number of methoxy groups -OCH3 is 2. The largest absolute Gasteiger partial charge is 0.493 e. The number of hydrogen-bond acceptors (Lipinski definition) is 4. The van der Waals surface area contributed by atoms with Crippen LogP contribution in [0.4, 0.5) is 0 Å². The molecule has 0 saturated carbocycles. The Hall–Kier alpha value is -2.01. The second kappa shape index (κ2) is 8.22. The SMILES string of the molecule is CC[C@@H](CO)NC(=O)/C=C/c1ccc(OC)c(OC)c1. The molecule has 0 aliphatic carbocycles. The molecule has 0 aromatic heterocycles. The standard InChI is InChI=1S/C15H21NO4/c1-4-12(10-17)16-15(18)8-6-11-5-7-13(19-2)14(9-11)20-3/h5-9,12,17H,4,10H2,1-3H3,(H,16,18)/b8-6+/t12-/m0/s1. The summed E-state index contributed by atoms with van der Waals surface area (Å²) in [6.07, 6.45) is 3.80. The van der Waals surface area contributed by atoms with Crippen LogP contribution in [0.1, 0.15) is 18.9 Å². The first-order chi connectivity index (χ1) is 9.64. The highest BCUT2D eigenvalue weighted by atomic mass is 16.5. The fraction of sp³-hybridized carbons (Fsp3) is 0.400. The smallest absolute Gasteiger partial charge is 0.244 e. The van der Waals surface area contributed by atoms with Gasteiger partial charge in [0.25, 0.3) is 0 Å². The van der Waals surface area contributed by atoms with Gasteiger partial charge in [0.05, 0.1) is 26.9 Å². The van der Waals surface area contributed by atoms with Crippen LogP contribution in [0.15, 0.2) is 24.3 Å². The van der Waals surface area contributed by atoms with Crippen LogP contribution >= 0.6 is 0 Å². The lowest BCUT2D eigenvalue weighted by Gasteiger charge is -2.11. The topological polar surface area (TPSA) is 67.8 Å². The van der Waals surface area contributed by atoms with Gasteiger partial charge in [-0.2, -0.15) is 0 Å². The maximum Gasteiger partial charge on any atom is 0.244 e. The third-order valence-electron chi connectivity index (χ3n) is 2.89. The van der Waals surface area contributed by atoms with Crippen molar-refractivity contribution in [2.24, 2.45) is 0 Å². The second-order valence-corrected chi connectivity index (χ2v) is 4.24. The van der Waals surface area contributed by atoms with E-state index in [0.29, 0.717) is 17.9 Å². The number of amides is 1. The number of aliphatic hydroxyl groups is 1. The van der Waals surface area contributed by atoms with E-state index in [1.807, 2.05) is 13.0 Å². The number of hydrogen-bond donors (Lipinski definition) is 2. The van der Waals surface area contributed by atoms with Gasteiger partial charge in [0.1, 0.15) is 0 Å². The summed E-state index contributed by atoms with van der Waals surface area (Å²) in [6.45, 7) is 1.84. The van der Waals surface area contributed by atoms with Crippen LogP contribution in [-0.4, -0.2) is 37.9 Å². The number of nitrogens with one attached hydrogen (secondary N) is 1. The predicted molar refractivity (Wildman–Crippen MR) is 77.9 cm³/mol. The Kier molecular flexibility index (Phi) is 6.59. The average Bonchev–Trinajstić information content (AvgIpc) is 2.50. The van der Waals surface area contributed by atoms with E-state index >= 15 is 0 Å². The van der Waals surface area contributed by atoms with Gasteiger partial charge >= 0.3 is 0 Å². The van der Waals surface area contributed by atoms with E-state index < -0.39 is 0 Å². The molecule has 20 heavy (non-hydrogen) atoms. The molecule has 0 radical (unpaired) electrons. The van der Waals surface area contributed by atoms with E-state index in [-0.39, 0.29) is 18.6 Å². The molecule has 0 aliphatic rings. The molecular formula is C15H21NO4. The fourth-order valence-electron chi connectivity index (χ4n) is 1.65. The van der Waals surface area contributed by atoms with Crippen molar-refractivity contribution in [3.05, 3.63) is 29.8 Å². The van der Waals surface area contributed by atoms with Gasteiger partial charge in [0.2, 0.25) is 5.91 Å². The summed E-state index contributed by atoms with van der Waals surface area (Å²) < 4.78 is 10.3. The number of benzene rings is 1. The average molecular weight is 279 g/mol. The maximum atomic E-state index is 11.7. The van der Waals surface area contributed by atoms with Crippen molar-refractivity contribution in [3.8, 4) is 11.5 Å². The highest BCUT2D eigenvalue weighted by Crippen LogP contribution is 2.27. The molecule has 1 rings (SSSR count). The van der Waals surface area contributed by atoms with Gasteiger partial charge in [0.15, 0.2) is 11.5 Å². The van der Waals surface area contributed by atoms with Crippen LogP contribution < -0.4 is 14.8 Å². The molecule has 0 heterocycles. The number of carbonyl (C=O) groups excluding carboxylic acids is 1. The van der Waals surface area contributed by atoms with Crippen LogP contribution in [0.5, 0.6) is 11.5 Å². The summed E-state index contributed by atoms with van der Waals surface area (Å²) in [6, 6.07) is 5.18. The van der Waals surface area contributed by atoms with Crippen molar-refractivity contribution < 1.29 is 19.4 Å². The zero-order valence-electron chi connectivity index (χ0n) is 12.1. The van der Waals surface area contributed by atoms with E-state index in [1.165, 1.54) is 6.08 Å². The number of aliphatic hydroxyl groups excluding tert-OH is 1. The molecule has 110 valence electrons. The van der Waals surface area contributed by atoms with Crippen LogP contribution in [0.25, 0.3) is 6.08 Å². The first-order valence-electron chi connectivity index (χ1n) is 6.46. The Balaban J connectivity index is 2.72. The monoisotopic (exact) mass is 279 g/mol. The first kappa shape index (κ1) is 16.0. The zero-order chi connectivity index (χ0) is 15.0. The Labute approximate surface area is 119 Å². The molecule has 5 heteroatoms. The molecule has 1 aromatic rings. The molecule has 1 aromatic carbocycles. The molecule has 1 amide bonds. The van der Waals surface area contributed by atoms with Gasteiger partial charge in [-0.1, -0.05) is 13.0 Å². The van der Waals surface area contributed by atoms with Crippen LogP contribution in [-0.2, 0) is 4.79 Å². The van der Waals surface area contributed by atoms with E-state index in [0.717, 1.165) is 5.56 Å². The van der Waals surface area contributed by atoms with Crippen molar-refractivity contribution in [1.82, 2.24) is 5.32 Å². The normalized spacial score (nSPS) is 12.2. The van der Waals surface area contributed by atoms with Gasteiger partial charge in [0, 0.05) is 6.08 Å². The van der Waals surface area contributed by atoms with E-state index in [2.05, 4.69) is 5.32 Å². The van der Waals surface area contributed by atoms with Gasteiger partial charge in [-0.3, -0.25) is 4.79 Å². The summed E-state index contributed by atoms with van der Waals surface area (Å²) in [5.74, 6) is 1.01. The number of carbonyl (C=O) groups is 1. The molecule has 0 fully saturated rings. The highest BCUT2D eigenvalue weighted by Gasteiger charge is 2.06. The molecule has 1 atom stereocenters. The van der Waals surface area contributed by atoms with E-state index in [1.54, 1.807) is 32.4 Å². The third-order valence-corrected chi connectivity index (χ3v) is 2.89. The Morgan fingerprint density at radius 1 is 1.35 bits per heavy atom. The summed E-state index contributed by atoms with van der Waals surface area (Å²) >= 11 is 0. The molecule has 0 saturated heterocycles. The van der Waals surface area contributed by atoms with Crippen molar-refractivity contribution in [1.29, 1.82) is 0 Å². The van der Waals surface area contributed by atoms with Crippen LogP contribution in [0.3, 0.4) is 0 Å². The van der Waals surface area contributed by atoms with Gasteiger partial charge in [-0.15, -0.1) is 0 Å². The molecular weight excluding hydrogens is 258 g/mol. The van der Waals surface area contributed by atoms with Crippen LogP contribution in [0, 0.1) is 0 Å². The first-order valence-corrected chi connectivity index (χ1v) is 6.46. The molecule has 0 unspecified atom stereocenters. The molecule has 2 N–H and O–H groups in total. The second-order valence-electron chi connectivity index (χ2n) is 4.24. The lowest BCUT2D eigenvalue weighted by Crippen LogP contribution is -2.35. The highest BCUT2D eigenvalue weighted by molar-refractivity contribution is 5.92. The third kappa shape index (κ3) is 4.59. The summed E-state index contributed by atoms with van der Waals surface area (Å²) in [4.78, 5) is 11.7. The van der Waals surface area contributed by atoms with Crippen molar-refractivity contribution in [3.63, 3.8) is 0 Å². The Bertz CT molecular complexity index is 467. The van der Waals surface area contributed by atoms with E-state index in [4.69, 9.17) is 14.6 Å². The number of ether oxygens (including phenoxy) is 2. The molecule has 5 nitrogen and oxygen atoms in total. The molecule has 0 spiro atoms. The minimum Gasteiger partial charge on any atom is -0.493 e. The summed E-state index contributed by atoms with van der Waals surface area (Å²) in [5.41, 5.74) is 0.829. The van der Waals surface area contributed by atoms with Crippen molar-refractivity contribution in [2.75, 3.05) is 20.8 Å². The predicted octanol–water partition coefficient (Wildman–Crippen LogP) is 1.60. The number of rotatable bonds is 7. The zero-order valence-corrected chi connectivity index (χ0v) is 12.1. The van der Waals surface area contributed by atoms with Gasteiger partial charge in [-0.05, 0) is 30.2 Å². The fourth-order valence-corrected chi connectivity index (χ4v) is 1.65. The minimum atomic E-state index is -0.235. The Morgan fingerprint density at radius 3 is 2.60 bits per heavy atom. The minimum absolute atomic E-state index is 0.0631. The van der Waals surface area contributed by atoms with Crippen molar-refractivity contribution >= 4 is 12.0 Å². The van der Waals surface area contributed by atoms with Crippen molar-refractivity contribution in [2.45, 2.75) is 19.4 Å². The Morgan fingerprint density at radius 2 is 2.05 bits per heavy atom. The van der Waals surface area contributed by atoms with Gasteiger partial charge < -0.3 is 19.9 Å². The lowest BCUT2D eigenvalue weighted by atomic mass is 10.2. The quantitative estimate of drug-likeness (QED) is 0.744. The molecule has 0 aliphatic heterocycles. The summed E-state index contributed by atoms with van der Waals surface area (Å²) in [7, 11) is 3.13. The van der Waals surface area contributed by atoms with Crippen LogP contribution in [0.2, 0.25) is 0 Å². The van der Waals surface area contributed by atoms with Gasteiger partial charge in [-0.25, -0.2) is 0 Å². The molecule has 0 bridgehead atoms. The maximum absolute atomic E-state index is 11.7.